The van der Waals surface area contributed by atoms with Crippen LogP contribution < -0.4 is 4.90 Å². The summed E-state index contributed by atoms with van der Waals surface area (Å²) in [6.45, 7) is 1.55. The quantitative estimate of drug-likeness (QED) is 0.353. The second-order valence-corrected chi connectivity index (χ2v) is 9.12. The lowest BCUT2D eigenvalue weighted by atomic mass is 9.91. The Hall–Kier alpha value is -2.68. The Balaban J connectivity index is 1.29. The minimum atomic E-state index is -1.41. The van der Waals surface area contributed by atoms with Crippen molar-refractivity contribution >= 4 is 34.7 Å². The first kappa shape index (κ1) is 22.5. The van der Waals surface area contributed by atoms with Gasteiger partial charge in [0.2, 0.25) is 11.1 Å². The van der Waals surface area contributed by atoms with Gasteiger partial charge in [-0.05, 0) is 73.6 Å². The van der Waals surface area contributed by atoms with Gasteiger partial charge >= 0.3 is 0 Å². The van der Waals surface area contributed by atoms with Crippen LogP contribution in [-0.4, -0.2) is 34.0 Å². The van der Waals surface area contributed by atoms with Gasteiger partial charge in [0.1, 0.15) is 0 Å². The maximum atomic E-state index is 13.8. The van der Waals surface area contributed by atoms with Crippen LogP contribution in [0.25, 0.3) is 6.08 Å². The molecular weight excluding hydrogens is 439 g/mol. The van der Waals surface area contributed by atoms with Gasteiger partial charge in [0, 0.05) is 19.3 Å². The number of halogens is 3. The maximum Gasteiger partial charge on any atom is 0.225 e. The molecule has 5 nitrogen and oxygen atoms in total. The lowest BCUT2D eigenvalue weighted by molar-refractivity contribution is -0.119. The third-order valence-corrected chi connectivity index (χ3v) is 6.76. The van der Waals surface area contributed by atoms with Crippen LogP contribution in [0.2, 0.25) is 0 Å². The molecule has 0 aliphatic carbocycles. The second kappa shape index (κ2) is 9.85. The largest absolute Gasteiger partial charge is 0.341 e. The van der Waals surface area contributed by atoms with Crippen LogP contribution in [0.4, 0.5) is 19.1 Å². The number of rotatable bonds is 6. The van der Waals surface area contributed by atoms with Crippen molar-refractivity contribution in [3.05, 3.63) is 58.0 Å². The molecule has 1 aromatic carbocycles. The number of carbonyl (C=O) groups is 2. The molecule has 2 aliphatic heterocycles. The Kier molecular flexibility index (Phi) is 6.93. The molecule has 0 N–H and O–H groups in total. The molecule has 2 fully saturated rings. The highest BCUT2D eigenvalue weighted by Crippen LogP contribution is 2.31. The third-order valence-electron chi connectivity index (χ3n) is 5.82. The molecule has 0 bridgehead atoms. The van der Waals surface area contributed by atoms with Crippen molar-refractivity contribution in [1.82, 2.24) is 9.97 Å². The molecule has 0 radical (unpaired) electrons. The van der Waals surface area contributed by atoms with Crippen LogP contribution >= 0.6 is 11.8 Å². The van der Waals surface area contributed by atoms with Gasteiger partial charge in [-0.3, -0.25) is 9.59 Å². The van der Waals surface area contributed by atoms with Crippen molar-refractivity contribution in [1.29, 1.82) is 0 Å². The first-order valence-corrected chi connectivity index (χ1v) is 11.4. The SMILES string of the molecule is O=C1CC(=O)/C(=C/c2ccnc(N3CCC(CCCc4ccc(F)c(F)c4F)CC3)n2)S1. The molecule has 32 heavy (non-hydrogen) atoms. The fourth-order valence-corrected chi connectivity index (χ4v) is 4.85. The Morgan fingerprint density at radius 3 is 2.59 bits per heavy atom. The fraction of sp³-hybridized carbons (Fsp3) is 0.391. The minimum absolute atomic E-state index is 0.0648. The molecule has 2 aliphatic rings. The van der Waals surface area contributed by atoms with E-state index in [1.165, 1.54) is 6.07 Å². The molecule has 3 heterocycles. The highest BCUT2D eigenvalue weighted by molar-refractivity contribution is 8.18. The van der Waals surface area contributed by atoms with E-state index < -0.39 is 17.5 Å². The summed E-state index contributed by atoms with van der Waals surface area (Å²) in [6, 6.07) is 3.98. The van der Waals surface area contributed by atoms with E-state index in [4.69, 9.17) is 0 Å². The summed E-state index contributed by atoms with van der Waals surface area (Å²) in [4.78, 5) is 34.6. The summed E-state index contributed by atoms with van der Waals surface area (Å²) in [7, 11) is 0. The number of aryl methyl sites for hydroxylation is 1. The first-order chi connectivity index (χ1) is 15.4. The van der Waals surface area contributed by atoms with E-state index in [1.54, 1.807) is 18.3 Å². The number of hydrogen-bond acceptors (Lipinski definition) is 6. The van der Waals surface area contributed by atoms with E-state index in [0.717, 1.165) is 50.2 Å². The van der Waals surface area contributed by atoms with E-state index in [9.17, 15) is 22.8 Å². The number of nitrogens with zero attached hydrogens (tertiary/aromatic N) is 3. The van der Waals surface area contributed by atoms with Crippen LogP contribution in [0.15, 0.2) is 29.3 Å². The van der Waals surface area contributed by atoms with Gasteiger partial charge < -0.3 is 4.90 Å². The standard InChI is InChI=1S/C23H22F3N3O2S/c24-17-5-4-15(21(25)22(17)26)3-1-2-14-7-10-29(11-8-14)23-27-9-6-16(28-23)12-19-18(30)13-20(31)32-19/h4-6,9,12,14H,1-3,7-8,10-11,13H2/b19-12-. The number of ketones is 1. The van der Waals surface area contributed by atoms with Crippen molar-refractivity contribution in [2.45, 2.75) is 38.5 Å². The Morgan fingerprint density at radius 1 is 1.09 bits per heavy atom. The smallest absolute Gasteiger partial charge is 0.225 e. The number of anilines is 1. The Labute approximate surface area is 188 Å². The number of thioether (sulfide) groups is 1. The normalized spacial score (nSPS) is 18.7. The number of hydrogen-bond donors (Lipinski definition) is 0. The molecule has 4 rings (SSSR count). The summed E-state index contributed by atoms with van der Waals surface area (Å²) < 4.78 is 40.2. The van der Waals surface area contributed by atoms with E-state index in [1.807, 2.05) is 0 Å². The number of carbonyl (C=O) groups excluding carboxylic acids is 2. The maximum absolute atomic E-state index is 13.8. The van der Waals surface area contributed by atoms with Gasteiger partial charge in [-0.2, -0.15) is 0 Å². The van der Waals surface area contributed by atoms with Crippen molar-refractivity contribution in [2.24, 2.45) is 5.92 Å². The van der Waals surface area contributed by atoms with Crippen LogP contribution in [0.5, 0.6) is 0 Å². The summed E-state index contributed by atoms with van der Waals surface area (Å²) in [5, 5.41) is -0.148. The van der Waals surface area contributed by atoms with Gasteiger partial charge in [-0.1, -0.05) is 6.07 Å². The zero-order valence-corrected chi connectivity index (χ0v) is 18.1. The molecule has 2 aromatic rings. The van der Waals surface area contributed by atoms with Gasteiger partial charge in [0.15, 0.2) is 23.2 Å². The lowest BCUT2D eigenvalue weighted by Gasteiger charge is -2.32. The summed E-state index contributed by atoms with van der Waals surface area (Å²) in [6.07, 6.45) is 7.03. The highest BCUT2D eigenvalue weighted by atomic mass is 32.2. The van der Waals surface area contributed by atoms with Crippen LogP contribution in [-0.2, 0) is 16.0 Å². The highest BCUT2D eigenvalue weighted by Gasteiger charge is 2.26. The molecule has 0 spiro atoms. The molecule has 1 aromatic heterocycles. The van der Waals surface area contributed by atoms with E-state index in [-0.39, 0.29) is 22.9 Å². The fourth-order valence-electron chi connectivity index (χ4n) is 4.03. The van der Waals surface area contributed by atoms with Crippen LogP contribution in [0.1, 0.15) is 43.4 Å². The van der Waals surface area contributed by atoms with Crippen LogP contribution in [0.3, 0.4) is 0 Å². The average molecular weight is 462 g/mol. The Morgan fingerprint density at radius 2 is 1.88 bits per heavy atom. The van der Waals surface area contributed by atoms with Gasteiger partial charge in [-0.15, -0.1) is 0 Å². The van der Waals surface area contributed by atoms with Crippen molar-refractivity contribution < 1.29 is 22.8 Å². The van der Waals surface area contributed by atoms with Crippen molar-refractivity contribution in [2.75, 3.05) is 18.0 Å². The summed E-state index contributed by atoms with van der Waals surface area (Å²) in [5.41, 5.74) is 0.803. The minimum Gasteiger partial charge on any atom is -0.341 e. The van der Waals surface area contributed by atoms with Crippen molar-refractivity contribution in [3.8, 4) is 0 Å². The molecule has 2 saturated heterocycles. The number of aromatic nitrogens is 2. The van der Waals surface area contributed by atoms with E-state index in [0.29, 0.717) is 35.3 Å². The second-order valence-electron chi connectivity index (χ2n) is 8.02. The predicted molar refractivity (Wildman–Crippen MR) is 116 cm³/mol. The molecule has 0 saturated carbocycles. The number of piperidine rings is 1. The monoisotopic (exact) mass is 461 g/mol. The third kappa shape index (κ3) is 5.20. The molecule has 9 heteroatoms. The van der Waals surface area contributed by atoms with Crippen LogP contribution in [0, 0.1) is 23.4 Å². The van der Waals surface area contributed by atoms with E-state index in [2.05, 4.69) is 14.9 Å². The molecule has 0 atom stereocenters. The molecule has 0 amide bonds. The lowest BCUT2D eigenvalue weighted by Crippen LogP contribution is -2.35. The topological polar surface area (TPSA) is 63.2 Å². The number of allylic oxidation sites excluding steroid dienone is 1. The number of Topliss-reactive ketones (excluding diaryl/α,β-unsaturated/α-hetero) is 1. The average Bonchev–Trinajstić information content (AvgIpc) is 3.11. The molecular formula is C23H22F3N3O2S. The van der Waals surface area contributed by atoms with Gasteiger partial charge in [0.05, 0.1) is 17.0 Å². The van der Waals surface area contributed by atoms with Gasteiger partial charge in [0.25, 0.3) is 0 Å². The molecule has 0 unspecified atom stereocenters. The zero-order valence-electron chi connectivity index (χ0n) is 17.3. The predicted octanol–water partition coefficient (Wildman–Crippen LogP) is 4.71. The van der Waals surface area contributed by atoms with Gasteiger partial charge in [-0.25, -0.2) is 23.1 Å². The zero-order chi connectivity index (χ0) is 22.7. The van der Waals surface area contributed by atoms with Crippen molar-refractivity contribution in [3.63, 3.8) is 0 Å². The Bertz CT molecular complexity index is 1070. The summed E-state index contributed by atoms with van der Waals surface area (Å²) >= 11 is 0.954. The molecule has 168 valence electrons. The summed E-state index contributed by atoms with van der Waals surface area (Å²) in [5.74, 6) is -2.79. The first-order valence-electron chi connectivity index (χ1n) is 10.6. The van der Waals surface area contributed by atoms with E-state index >= 15 is 0 Å². The number of benzene rings is 1.